The number of imidazole rings is 1. The number of halogens is 1. The van der Waals surface area contributed by atoms with Crippen LogP contribution >= 0.6 is 0 Å². The Kier molecular flexibility index (Phi) is 5.91. The average Bonchev–Trinajstić information content (AvgIpc) is 3.45. The van der Waals surface area contributed by atoms with E-state index in [1.54, 1.807) is 18.3 Å². The predicted octanol–water partition coefficient (Wildman–Crippen LogP) is 4.81. The molecule has 5 nitrogen and oxygen atoms in total. The summed E-state index contributed by atoms with van der Waals surface area (Å²) >= 11 is 0. The maximum absolute atomic E-state index is 14.3. The third-order valence-corrected chi connectivity index (χ3v) is 4.96. The third kappa shape index (κ3) is 4.84. The van der Waals surface area contributed by atoms with Gasteiger partial charge in [0.1, 0.15) is 17.3 Å². The van der Waals surface area contributed by atoms with Gasteiger partial charge in [-0.05, 0) is 49.7 Å². The smallest absolute Gasteiger partial charge is 0.147 e. The van der Waals surface area contributed by atoms with Crippen molar-refractivity contribution in [2.45, 2.75) is 33.0 Å². The van der Waals surface area contributed by atoms with Gasteiger partial charge in [-0.15, -0.1) is 0 Å². The Labute approximate surface area is 170 Å². The van der Waals surface area contributed by atoms with Gasteiger partial charge >= 0.3 is 0 Å². The largest absolute Gasteiger partial charge is 0.465 e. The number of para-hydroxylation sites is 1. The molecule has 1 aromatic carbocycles. The van der Waals surface area contributed by atoms with Crippen molar-refractivity contribution in [1.82, 2.24) is 19.0 Å². The van der Waals surface area contributed by atoms with Crippen LogP contribution in [0.1, 0.15) is 23.6 Å². The lowest BCUT2D eigenvalue weighted by molar-refractivity contribution is 0.224. The average molecular weight is 392 g/mol. The number of aryl methyl sites for hydroxylation is 2. The van der Waals surface area contributed by atoms with Crippen LogP contribution in [0.2, 0.25) is 0 Å². The molecule has 0 atom stereocenters. The predicted molar refractivity (Wildman–Crippen MR) is 110 cm³/mol. The van der Waals surface area contributed by atoms with Crippen molar-refractivity contribution in [3.05, 3.63) is 96.5 Å². The van der Waals surface area contributed by atoms with Crippen molar-refractivity contribution in [1.29, 1.82) is 0 Å². The van der Waals surface area contributed by atoms with E-state index in [-0.39, 0.29) is 5.82 Å². The fourth-order valence-corrected chi connectivity index (χ4v) is 3.56. The summed E-state index contributed by atoms with van der Waals surface area (Å²) in [6, 6.07) is 14.9. The van der Waals surface area contributed by atoms with Crippen LogP contribution in [0.25, 0.3) is 5.69 Å². The molecule has 0 radical (unpaired) electrons. The summed E-state index contributed by atoms with van der Waals surface area (Å²) in [5, 5.41) is 0. The molecule has 3 aromatic heterocycles. The van der Waals surface area contributed by atoms with Crippen molar-refractivity contribution in [3.63, 3.8) is 0 Å². The van der Waals surface area contributed by atoms with Crippen LogP contribution in [-0.2, 0) is 19.6 Å². The molecule has 0 unspecified atom stereocenters. The molecule has 0 spiro atoms. The van der Waals surface area contributed by atoms with Crippen molar-refractivity contribution in [2.24, 2.45) is 0 Å². The van der Waals surface area contributed by atoms with E-state index in [2.05, 4.69) is 14.5 Å². The van der Waals surface area contributed by atoms with E-state index in [0.29, 0.717) is 18.8 Å². The Balaban J connectivity index is 1.50. The lowest BCUT2D eigenvalue weighted by Crippen LogP contribution is -2.26. The molecule has 0 amide bonds. The van der Waals surface area contributed by atoms with Gasteiger partial charge in [0.05, 0.1) is 18.6 Å². The quantitative estimate of drug-likeness (QED) is 0.410. The summed E-state index contributed by atoms with van der Waals surface area (Å²) in [6.07, 6.45) is 8.50. The van der Waals surface area contributed by atoms with Gasteiger partial charge in [-0.25, -0.2) is 9.37 Å². The molecule has 0 aliphatic heterocycles. The molecule has 4 rings (SSSR count). The molecule has 150 valence electrons. The van der Waals surface area contributed by atoms with E-state index in [0.717, 1.165) is 36.7 Å². The summed E-state index contributed by atoms with van der Waals surface area (Å²) in [4.78, 5) is 6.44. The Morgan fingerprint density at radius 3 is 2.69 bits per heavy atom. The minimum Gasteiger partial charge on any atom is -0.465 e. The van der Waals surface area contributed by atoms with Crippen LogP contribution in [0.15, 0.2) is 77.9 Å². The second kappa shape index (κ2) is 8.92. The Hall–Kier alpha value is -3.12. The van der Waals surface area contributed by atoms with Crippen molar-refractivity contribution >= 4 is 0 Å². The summed E-state index contributed by atoms with van der Waals surface area (Å²) in [7, 11) is 0. The van der Waals surface area contributed by atoms with Gasteiger partial charge in [-0.1, -0.05) is 12.1 Å². The lowest BCUT2D eigenvalue weighted by atomic mass is 10.2. The first-order valence-corrected chi connectivity index (χ1v) is 9.83. The standard InChI is InChI=1S/C23H25FN4O/c1-19-9-10-21(29-19)17-27(13-5-12-26-15-11-25-18-26)16-20-6-4-14-28(20)23-8-3-2-7-22(23)24/h2-4,6-11,14-15,18H,5,12-13,16-17H2,1H3. The second-order valence-corrected chi connectivity index (χ2v) is 7.20. The SMILES string of the molecule is Cc1ccc(CN(CCCn2ccnc2)Cc2cccn2-c2ccccc2F)o1. The van der Waals surface area contributed by atoms with Gasteiger partial charge in [0.2, 0.25) is 0 Å². The lowest BCUT2D eigenvalue weighted by Gasteiger charge is -2.22. The van der Waals surface area contributed by atoms with E-state index in [1.807, 2.05) is 60.5 Å². The highest BCUT2D eigenvalue weighted by atomic mass is 19.1. The maximum Gasteiger partial charge on any atom is 0.147 e. The topological polar surface area (TPSA) is 39.1 Å². The molecule has 0 N–H and O–H groups in total. The highest BCUT2D eigenvalue weighted by Crippen LogP contribution is 2.19. The van der Waals surface area contributed by atoms with Crippen LogP contribution in [0.3, 0.4) is 0 Å². The Bertz CT molecular complexity index is 1030. The number of aromatic nitrogens is 3. The molecule has 0 aliphatic rings. The van der Waals surface area contributed by atoms with Crippen LogP contribution in [0, 0.1) is 12.7 Å². The summed E-state index contributed by atoms with van der Waals surface area (Å²) < 4.78 is 24.1. The van der Waals surface area contributed by atoms with Crippen LogP contribution < -0.4 is 0 Å². The minimum absolute atomic E-state index is 0.224. The molecule has 29 heavy (non-hydrogen) atoms. The van der Waals surface area contributed by atoms with Gasteiger partial charge in [0.25, 0.3) is 0 Å². The van der Waals surface area contributed by atoms with E-state index >= 15 is 0 Å². The van der Waals surface area contributed by atoms with Crippen molar-refractivity contribution in [3.8, 4) is 5.69 Å². The van der Waals surface area contributed by atoms with Crippen LogP contribution in [0.5, 0.6) is 0 Å². The molecule has 0 saturated carbocycles. The van der Waals surface area contributed by atoms with Gasteiger partial charge in [0, 0.05) is 43.9 Å². The zero-order chi connectivity index (χ0) is 20.1. The number of hydrogen-bond acceptors (Lipinski definition) is 3. The molecular formula is C23H25FN4O. The number of furan rings is 1. The molecule has 0 fully saturated rings. The number of nitrogens with zero attached hydrogens (tertiary/aromatic N) is 4. The zero-order valence-electron chi connectivity index (χ0n) is 16.5. The Morgan fingerprint density at radius 2 is 1.93 bits per heavy atom. The van der Waals surface area contributed by atoms with Crippen LogP contribution in [-0.4, -0.2) is 25.6 Å². The second-order valence-electron chi connectivity index (χ2n) is 7.20. The molecular weight excluding hydrogens is 367 g/mol. The normalized spacial score (nSPS) is 11.4. The molecule has 3 heterocycles. The number of rotatable bonds is 9. The number of hydrogen-bond donors (Lipinski definition) is 0. The first-order chi connectivity index (χ1) is 14.2. The van der Waals surface area contributed by atoms with E-state index in [9.17, 15) is 4.39 Å². The fraction of sp³-hybridized carbons (Fsp3) is 0.261. The van der Waals surface area contributed by atoms with E-state index in [4.69, 9.17) is 4.42 Å². The van der Waals surface area contributed by atoms with Crippen LogP contribution in [0.4, 0.5) is 4.39 Å². The van der Waals surface area contributed by atoms with Gasteiger partial charge in [0.15, 0.2) is 0 Å². The summed E-state index contributed by atoms with van der Waals surface area (Å²) in [6.45, 7) is 5.16. The van der Waals surface area contributed by atoms with Gasteiger partial charge < -0.3 is 13.6 Å². The maximum atomic E-state index is 14.3. The first-order valence-electron chi connectivity index (χ1n) is 9.83. The van der Waals surface area contributed by atoms with Crippen molar-refractivity contribution in [2.75, 3.05) is 6.54 Å². The highest BCUT2D eigenvalue weighted by molar-refractivity contribution is 5.36. The fourth-order valence-electron chi connectivity index (χ4n) is 3.56. The molecule has 6 heteroatoms. The third-order valence-electron chi connectivity index (χ3n) is 4.96. The molecule has 0 bridgehead atoms. The van der Waals surface area contributed by atoms with Crippen molar-refractivity contribution < 1.29 is 8.81 Å². The number of benzene rings is 1. The molecule has 4 aromatic rings. The summed E-state index contributed by atoms with van der Waals surface area (Å²) in [5.41, 5.74) is 1.61. The van der Waals surface area contributed by atoms with E-state index in [1.165, 1.54) is 6.07 Å². The van der Waals surface area contributed by atoms with E-state index < -0.39 is 0 Å². The van der Waals surface area contributed by atoms with Gasteiger partial charge in [-0.2, -0.15) is 0 Å². The minimum atomic E-state index is -0.224. The zero-order valence-corrected chi connectivity index (χ0v) is 16.5. The molecule has 0 saturated heterocycles. The van der Waals surface area contributed by atoms with Gasteiger partial charge in [-0.3, -0.25) is 4.90 Å². The Morgan fingerprint density at radius 1 is 1.03 bits per heavy atom. The molecule has 0 aliphatic carbocycles. The summed E-state index contributed by atoms with van der Waals surface area (Å²) in [5.74, 6) is 1.63. The monoisotopic (exact) mass is 392 g/mol. The first kappa shape index (κ1) is 19.2. The highest BCUT2D eigenvalue weighted by Gasteiger charge is 2.14.